The predicted octanol–water partition coefficient (Wildman–Crippen LogP) is 3.16. The van der Waals surface area contributed by atoms with Crippen LogP contribution in [0.25, 0.3) is 21.9 Å². The van der Waals surface area contributed by atoms with Crippen molar-refractivity contribution in [3.05, 3.63) is 30.1 Å². The molecule has 2 N–H and O–H groups in total. The van der Waals surface area contributed by atoms with Gasteiger partial charge in [-0.2, -0.15) is 0 Å². The molecule has 1 amide bonds. The topological polar surface area (TPSA) is 95.5 Å². The maximum Gasteiger partial charge on any atom is 0.219 e. The van der Waals surface area contributed by atoms with E-state index in [1.807, 2.05) is 23.1 Å². The van der Waals surface area contributed by atoms with Crippen LogP contribution in [0.5, 0.6) is 0 Å². The van der Waals surface area contributed by atoms with Crippen LogP contribution in [0.3, 0.4) is 0 Å². The molecule has 0 aliphatic carbocycles. The van der Waals surface area contributed by atoms with Gasteiger partial charge in [-0.1, -0.05) is 18.2 Å². The molecule has 0 bridgehead atoms. The number of rotatable bonds is 9. The van der Waals surface area contributed by atoms with Crippen LogP contribution in [0, 0.1) is 0 Å². The Hall–Kier alpha value is -2.71. The summed E-state index contributed by atoms with van der Waals surface area (Å²) in [7, 11) is 1.70. The number of fused-ring (bicyclic) bond motifs is 3. The summed E-state index contributed by atoms with van der Waals surface area (Å²) in [4.78, 5) is 23.6. The molecule has 1 saturated heterocycles. The van der Waals surface area contributed by atoms with Crippen molar-refractivity contribution in [1.82, 2.24) is 19.4 Å². The molecule has 0 radical (unpaired) electrons. The van der Waals surface area contributed by atoms with Crippen LogP contribution < -0.4 is 5.73 Å². The van der Waals surface area contributed by atoms with Crippen LogP contribution in [0.4, 0.5) is 5.82 Å². The van der Waals surface area contributed by atoms with Crippen LogP contribution in [-0.4, -0.2) is 64.9 Å². The van der Waals surface area contributed by atoms with Gasteiger partial charge in [-0.15, -0.1) is 0 Å². The summed E-state index contributed by atoms with van der Waals surface area (Å²) in [6, 6.07) is 8.34. The Kier molecular flexibility index (Phi) is 7.22. The number of aryl methyl sites for hydroxylation is 1. The molecular formula is C24H33N5O3. The fraction of sp³-hybridized carbons (Fsp3) is 0.542. The number of ether oxygens (including phenoxy) is 2. The van der Waals surface area contributed by atoms with E-state index in [1.165, 1.54) is 0 Å². The van der Waals surface area contributed by atoms with Crippen molar-refractivity contribution in [2.24, 2.45) is 0 Å². The molecule has 0 atom stereocenters. The number of hydrogen-bond acceptors (Lipinski definition) is 6. The second-order valence-electron chi connectivity index (χ2n) is 8.40. The minimum absolute atomic E-state index is 0.149. The maximum absolute atomic E-state index is 12.2. The van der Waals surface area contributed by atoms with E-state index in [2.05, 4.69) is 15.6 Å². The lowest BCUT2D eigenvalue weighted by molar-refractivity contribution is -0.133. The summed E-state index contributed by atoms with van der Waals surface area (Å²) < 4.78 is 13.0. The van der Waals surface area contributed by atoms with E-state index in [4.69, 9.17) is 20.2 Å². The lowest BCUT2D eigenvalue weighted by Gasteiger charge is -2.33. The Morgan fingerprint density at radius 3 is 2.78 bits per heavy atom. The zero-order chi connectivity index (χ0) is 22.5. The van der Waals surface area contributed by atoms with Gasteiger partial charge in [-0.25, -0.2) is 9.97 Å². The summed E-state index contributed by atoms with van der Waals surface area (Å²) in [5.41, 5.74) is 8.93. The van der Waals surface area contributed by atoms with Gasteiger partial charge >= 0.3 is 0 Å². The highest BCUT2D eigenvalue weighted by Gasteiger charge is 2.23. The molecule has 0 unspecified atom stereocenters. The number of carbonyl (C=O) groups excluding carboxylic acids is 1. The minimum Gasteiger partial charge on any atom is -0.384 e. The van der Waals surface area contributed by atoms with Gasteiger partial charge in [0.1, 0.15) is 11.3 Å². The summed E-state index contributed by atoms with van der Waals surface area (Å²) in [5, 5.41) is 1.06. The lowest BCUT2D eigenvalue weighted by atomic mass is 10.1. The molecule has 2 aromatic heterocycles. The van der Waals surface area contributed by atoms with Crippen LogP contribution in [0.1, 0.15) is 38.4 Å². The van der Waals surface area contributed by atoms with Crippen LogP contribution in [0.2, 0.25) is 0 Å². The van der Waals surface area contributed by atoms with E-state index in [1.54, 1.807) is 14.0 Å². The number of amides is 1. The van der Waals surface area contributed by atoms with Crippen molar-refractivity contribution >= 4 is 33.7 Å². The van der Waals surface area contributed by atoms with Gasteiger partial charge in [-0.3, -0.25) is 4.79 Å². The Balaban J connectivity index is 1.55. The van der Waals surface area contributed by atoms with Gasteiger partial charge < -0.3 is 24.7 Å². The van der Waals surface area contributed by atoms with Crippen LogP contribution >= 0.6 is 0 Å². The largest absolute Gasteiger partial charge is 0.384 e. The van der Waals surface area contributed by atoms with Gasteiger partial charge in [0, 0.05) is 58.2 Å². The molecule has 0 spiro atoms. The van der Waals surface area contributed by atoms with Crippen molar-refractivity contribution in [1.29, 1.82) is 0 Å². The SMILES string of the molecule is COCCc1nc2c(N)nc3ccccc3c2n1CCCCN(C(C)=O)C1CCOCC1. The highest BCUT2D eigenvalue weighted by molar-refractivity contribution is 6.06. The predicted molar refractivity (Wildman–Crippen MR) is 125 cm³/mol. The number of para-hydroxylation sites is 1. The molecule has 8 nitrogen and oxygen atoms in total. The molecule has 8 heteroatoms. The summed E-state index contributed by atoms with van der Waals surface area (Å²) in [5.74, 6) is 1.56. The Bertz CT molecular complexity index is 1070. The first kappa shape index (κ1) is 22.5. The third kappa shape index (κ3) is 4.71. The van der Waals surface area contributed by atoms with Gasteiger partial charge in [-0.05, 0) is 31.7 Å². The summed E-state index contributed by atoms with van der Waals surface area (Å²) in [6.45, 7) is 5.31. The number of hydrogen-bond donors (Lipinski definition) is 1. The average Bonchev–Trinajstić information content (AvgIpc) is 3.17. The van der Waals surface area contributed by atoms with E-state index < -0.39 is 0 Å². The van der Waals surface area contributed by atoms with Crippen molar-refractivity contribution in [2.75, 3.05) is 39.2 Å². The highest BCUT2D eigenvalue weighted by Crippen LogP contribution is 2.29. The first-order valence-electron chi connectivity index (χ1n) is 11.5. The number of nitrogens with zero attached hydrogens (tertiary/aromatic N) is 4. The normalized spacial score (nSPS) is 14.9. The quantitative estimate of drug-likeness (QED) is 0.515. The molecule has 1 aliphatic heterocycles. The molecule has 1 fully saturated rings. The van der Waals surface area contributed by atoms with Gasteiger partial charge in [0.25, 0.3) is 0 Å². The Morgan fingerprint density at radius 1 is 1.25 bits per heavy atom. The van der Waals surface area contributed by atoms with Crippen molar-refractivity contribution < 1.29 is 14.3 Å². The van der Waals surface area contributed by atoms with E-state index >= 15 is 0 Å². The highest BCUT2D eigenvalue weighted by atomic mass is 16.5. The molecule has 1 aromatic carbocycles. The summed E-state index contributed by atoms with van der Waals surface area (Å²) in [6.07, 6.45) is 4.42. The molecule has 172 valence electrons. The number of anilines is 1. The van der Waals surface area contributed by atoms with E-state index in [0.717, 1.165) is 79.7 Å². The van der Waals surface area contributed by atoms with Crippen molar-refractivity contribution in [3.63, 3.8) is 0 Å². The zero-order valence-electron chi connectivity index (χ0n) is 19.0. The molecule has 32 heavy (non-hydrogen) atoms. The minimum atomic E-state index is 0.149. The monoisotopic (exact) mass is 439 g/mol. The number of benzene rings is 1. The number of carbonyl (C=O) groups is 1. The van der Waals surface area contributed by atoms with Gasteiger partial charge in [0.2, 0.25) is 5.91 Å². The first-order chi connectivity index (χ1) is 15.6. The maximum atomic E-state index is 12.2. The lowest BCUT2D eigenvalue weighted by Crippen LogP contribution is -2.42. The number of methoxy groups -OCH3 is 1. The molecule has 0 saturated carbocycles. The molecule has 4 rings (SSSR count). The number of imidazole rings is 1. The average molecular weight is 440 g/mol. The fourth-order valence-corrected chi connectivity index (χ4v) is 4.68. The fourth-order valence-electron chi connectivity index (χ4n) is 4.68. The van der Waals surface area contributed by atoms with E-state index in [9.17, 15) is 4.79 Å². The zero-order valence-corrected chi connectivity index (χ0v) is 19.0. The smallest absolute Gasteiger partial charge is 0.219 e. The van der Waals surface area contributed by atoms with E-state index in [0.29, 0.717) is 24.9 Å². The Morgan fingerprint density at radius 2 is 2.03 bits per heavy atom. The van der Waals surface area contributed by atoms with Crippen LogP contribution in [-0.2, 0) is 27.2 Å². The molecular weight excluding hydrogens is 406 g/mol. The third-order valence-electron chi connectivity index (χ3n) is 6.29. The standard InChI is InChI=1S/C24H33N5O3/c1-17(30)28(18-9-15-32-16-10-18)12-5-6-13-29-21(11-14-31-2)27-22-23(29)19-7-3-4-8-20(19)26-24(22)25/h3-4,7-8,18H,5-6,9-16H2,1-2H3,(H2,25,26). The van der Waals surface area contributed by atoms with Gasteiger partial charge in [0.05, 0.1) is 17.6 Å². The van der Waals surface area contributed by atoms with Gasteiger partial charge in [0.15, 0.2) is 5.82 Å². The number of nitrogen functional groups attached to an aromatic ring is 1. The molecule has 3 aromatic rings. The number of pyridine rings is 1. The van der Waals surface area contributed by atoms with E-state index in [-0.39, 0.29) is 5.91 Å². The van der Waals surface area contributed by atoms with Crippen molar-refractivity contribution in [3.8, 4) is 0 Å². The third-order valence-corrected chi connectivity index (χ3v) is 6.29. The molecule has 1 aliphatic rings. The number of unbranched alkanes of at least 4 members (excludes halogenated alkanes) is 1. The van der Waals surface area contributed by atoms with Crippen molar-refractivity contribution in [2.45, 2.75) is 51.6 Å². The summed E-state index contributed by atoms with van der Waals surface area (Å²) >= 11 is 0. The number of aromatic nitrogens is 3. The Labute approximate surface area is 188 Å². The molecule has 3 heterocycles. The second-order valence-corrected chi connectivity index (χ2v) is 8.40. The van der Waals surface area contributed by atoms with Crippen LogP contribution in [0.15, 0.2) is 24.3 Å². The number of nitrogens with two attached hydrogens (primary N) is 1. The second kappa shape index (κ2) is 10.3. The first-order valence-corrected chi connectivity index (χ1v) is 11.5.